The van der Waals surface area contributed by atoms with E-state index in [0.29, 0.717) is 17.1 Å². The van der Waals surface area contributed by atoms with E-state index < -0.39 is 0 Å². The van der Waals surface area contributed by atoms with Gasteiger partial charge in [-0.3, -0.25) is 30.1 Å². The predicted molar refractivity (Wildman–Crippen MR) is 117 cm³/mol. The second-order valence-electron chi connectivity index (χ2n) is 8.38. The van der Waals surface area contributed by atoms with Gasteiger partial charge in [-0.05, 0) is 54.7 Å². The van der Waals surface area contributed by atoms with Gasteiger partial charge in [-0.1, -0.05) is 24.3 Å². The first kappa shape index (κ1) is 18.7. The van der Waals surface area contributed by atoms with Crippen LogP contribution in [0.25, 0.3) is 10.9 Å². The number of amides is 3. The molecule has 4 atom stereocenters. The van der Waals surface area contributed by atoms with Gasteiger partial charge < -0.3 is 0 Å². The van der Waals surface area contributed by atoms with E-state index in [0.717, 1.165) is 17.3 Å². The Bertz CT molecular complexity index is 1270. The third-order valence-corrected chi connectivity index (χ3v) is 6.70. The molecule has 32 heavy (non-hydrogen) atoms. The van der Waals surface area contributed by atoms with Crippen molar-refractivity contribution < 1.29 is 14.4 Å². The number of nitrogens with zero attached hydrogens (tertiary/aromatic N) is 3. The lowest BCUT2D eigenvalue weighted by atomic mass is 9.85. The quantitative estimate of drug-likeness (QED) is 0.378. The lowest BCUT2D eigenvalue weighted by Crippen LogP contribution is -2.33. The number of nitrogens with one attached hydrogen (secondary N) is 2. The number of aromatic nitrogens is 2. The highest BCUT2D eigenvalue weighted by molar-refractivity contribution is 6.22. The summed E-state index contributed by atoms with van der Waals surface area (Å²) >= 11 is 0. The van der Waals surface area contributed by atoms with Crippen molar-refractivity contribution >= 4 is 40.1 Å². The van der Waals surface area contributed by atoms with Crippen LogP contribution < -0.4 is 15.8 Å². The van der Waals surface area contributed by atoms with Crippen LogP contribution in [-0.4, -0.2) is 27.7 Å². The highest BCUT2D eigenvalue weighted by Crippen LogP contribution is 2.53. The fraction of sp³-hybridized carbons (Fsp3) is 0.208. The highest BCUT2D eigenvalue weighted by atomic mass is 16.2. The van der Waals surface area contributed by atoms with Crippen LogP contribution in [0.1, 0.15) is 16.8 Å². The number of benzene rings is 2. The van der Waals surface area contributed by atoms with Gasteiger partial charge in [0.15, 0.2) is 5.82 Å². The van der Waals surface area contributed by atoms with Crippen LogP contribution >= 0.6 is 0 Å². The maximum atomic E-state index is 12.9. The lowest BCUT2D eigenvalue weighted by Gasteiger charge is -2.17. The summed E-state index contributed by atoms with van der Waals surface area (Å²) in [6.45, 7) is 0. The van der Waals surface area contributed by atoms with E-state index in [1.54, 1.807) is 24.3 Å². The highest BCUT2D eigenvalue weighted by Gasteiger charge is 2.59. The van der Waals surface area contributed by atoms with Crippen molar-refractivity contribution in [1.29, 1.82) is 0 Å². The number of allylic oxidation sites excluding steroid dienone is 2. The maximum Gasteiger partial charge on any atom is 0.269 e. The van der Waals surface area contributed by atoms with Gasteiger partial charge in [-0.2, -0.15) is 0 Å². The fourth-order valence-electron chi connectivity index (χ4n) is 5.21. The Balaban J connectivity index is 1.17. The molecule has 1 aromatic heterocycles. The van der Waals surface area contributed by atoms with Crippen molar-refractivity contribution in [3.05, 3.63) is 72.6 Å². The number of anilines is 2. The van der Waals surface area contributed by atoms with Gasteiger partial charge in [0, 0.05) is 10.9 Å². The van der Waals surface area contributed by atoms with Gasteiger partial charge in [0.1, 0.15) is 6.33 Å². The summed E-state index contributed by atoms with van der Waals surface area (Å²) in [4.78, 5) is 48.1. The molecule has 3 amide bonds. The van der Waals surface area contributed by atoms with Gasteiger partial charge in [-0.15, -0.1) is 0 Å². The van der Waals surface area contributed by atoms with Crippen molar-refractivity contribution in [2.75, 3.05) is 10.3 Å². The van der Waals surface area contributed by atoms with Crippen molar-refractivity contribution in [3.8, 4) is 0 Å². The summed E-state index contributed by atoms with van der Waals surface area (Å²) in [5.41, 5.74) is 7.12. The molecule has 2 aromatic carbocycles. The molecule has 1 aliphatic heterocycles. The van der Waals surface area contributed by atoms with E-state index in [9.17, 15) is 14.4 Å². The molecule has 0 unspecified atom stereocenters. The normalized spacial score (nSPS) is 25.4. The predicted octanol–water partition coefficient (Wildman–Crippen LogP) is 2.70. The number of hydrogen-bond donors (Lipinski definition) is 2. The number of fused-ring (bicyclic) bond motifs is 6. The lowest BCUT2D eigenvalue weighted by molar-refractivity contribution is -0.123. The second-order valence-corrected chi connectivity index (χ2v) is 8.38. The van der Waals surface area contributed by atoms with Crippen LogP contribution in [0.4, 0.5) is 11.5 Å². The second kappa shape index (κ2) is 6.98. The molecule has 2 aliphatic carbocycles. The van der Waals surface area contributed by atoms with E-state index in [2.05, 4.69) is 33.0 Å². The third kappa shape index (κ3) is 2.72. The summed E-state index contributed by atoms with van der Waals surface area (Å²) in [6, 6.07) is 14.0. The molecule has 2 heterocycles. The van der Waals surface area contributed by atoms with E-state index in [1.165, 1.54) is 11.2 Å². The number of rotatable bonds is 4. The molecule has 158 valence electrons. The average Bonchev–Trinajstić information content (AvgIpc) is 3.51. The number of para-hydroxylation sites is 1. The molecule has 3 aromatic rings. The molecule has 2 N–H and O–H groups in total. The van der Waals surface area contributed by atoms with E-state index in [4.69, 9.17) is 0 Å². The average molecular weight is 425 g/mol. The number of hydrazine groups is 1. The van der Waals surface area contributed by atoms with E-state index >= 15 is 0 Å². The summed E-state index contributed by atoms with van der Waals surface area (Å²) in [6.07, 6.45) is 6.46. The summed E-state index contributed by atoms with van der Waals surface area (Å²) in [7, 11) is 0. The molecule has 8 heteroatoms. The molecular formula is C24H19N5O3. The topological polar surface area (TPSA) is 104 Å². The molecular weight excluding hydrogens is 406 g/mol. The Morgan fingerprint density at radius 1 is 0.906 bits per heavy atom. The minimum Gasteiger partial charge on any atom is -0.281 e. The molecule has 0 spiro atoms. The Morgan fingerprint density at radius 3 is 2.31 bits per heavy atom. The number of hydrogen-bond acceptors (Lipinski definition) is 6. The van der Waals surface area contributed by atoms with Crippen molar-refractivity contribution in [2.24, 2.45) is 23.7 Å². The molecule has 1 saturated carbocycles. The number of carbonyl (C=O) groups excluding carboxylic acids is 3. The first-order valence-electron chi connectivity index (χ1n) is 10.5. The minimum absolute atomic E-state index is 0.133. The Hall–Kier alpha value is -4.07. The van der Waals surface area contributed by atoms with Crippen LogP contribution in [0, 0.1) is 23.7 Å². The van der Waals surface area contributed by atoms with Gasteiger partial charge in [-0.25, -0.2) is 9.97 Å². The zero-order valence-corrected chi connectivity index (χ0v) is 16.9. The van der Waals surface area contributed by atoms with Crippen molar-refractivity contribution in [1.82, 2.24) is 15.4 Å². The van der Waals surface area contributed by atoms with Gasteiger partial charge >= 0.3 is 0 Å². The zero-order valence-electron chi connectivity index (χ0n) is 16.9. The SMILES string of the molecule is O=C(NNc1ncnc2ccccc12)c1ccc(N2C(=O)[C@@H]3[C@@H](C2=O)[C@H]2C=C[C@H]3C2)cc1. The van der Waals surface area contributed by atoms with Gasteiger partial charge in [0.05, 0.1) is 23.0 Å². The fourth-order valence-corrected chi connectivity index (χ4v) is 5.21. The van der Waals surface area contributed by atoms with Crippen LogP contribution in [0.3, 0.4) is 0 Å². The Kier molecular flexibility index (Phi) is 4.07. The van der Waals surface area contributed by atoms with Crippen molar-refractivity contribution in [3.63, 3.8) is 0 Å². The van der Waals surface area contributed by atoms with Crippen LogP contribution in [0.15, 0.2) is 67.0 Å². The number of imide groups is 1. The molecule has 3 aliphatic rings. The van der Waals surface area contributed by atoms with Crippen molar-refractivity contribution in [2.45, 2.75) is 6.42 Å². The zero-order chi connectivity index (χ0) is 21.8. The standard InChI is InChI=1S/C24H19N5O3/c30-22(28-27-21-17-3-1-2-4-18(17)25-12-26-21)13-7-9-16(10-8-13)29-23(31)19-14-5-6-15(11-14)20(19)24(29)32/h1-10,12,14-15,19-20H,11H2,(H,28,30)(H,25,26,27)/t14-,15-,19-,20-/m0/s1. The first-order chi connectivity index (χ1) is 15.6. The van der Waals surface area contributed by atoms with E-state index in [-0.39, 0.29) is 41.4 Å². The largest absolute Gasteiger partial charge is 0.281 e. The minimum atomic E-state index is -0.363. The third-order valence-electron chi connectivity index (χ3n) is 6.70. The molecule has 2 fully saturated rings. The summed E-state index contributed by atoms with van der Waals surface area (Å²) < 4.78 is 0. The molecule has 1 saturated heterocycles. The molecule has 6 rings (SSSR count). The van der Waals surface area contributed by atoms with Gasteiger partial charge in [0.2, 0.25) is 11.8 Å². The summed E-state index contributed by atoms with van der Waals surface area (Å²) in [5, 5.41) is 0.783. The molecule has 2 bridgehead atoms. The van der Waals surface area contributed by atoms with Gasteiger partial charge in [0.25, 0.3) is 5.91 Å². The van der Waals surface area contributed by atoms with Crippen LogP contribution in [-0.2, 0) is 9.59 Å². The molecule has 0 radical (unpaired) electrons. The number of carbonyl (C=O) groups is 3. The Morgan fingerprint density at radius 2 is 1.59 bits per heavy atom. The first-order valence-corrected chi connectivity index (χ1v) is 10.5. The maximum absolute atomic E-state index is 12.9. The molecule has 8 nitrogen and oxygen atoms in total. The Labute approximate surface area is 183 Å². The summed E-state index contributed by atoms with van der Waals surface area (Å²) in [5.74, 6) is -0.292. The van der Waals surface area contributed by atoms with E-state index in [1.807, 2.05) is 24.3 Å². The van der Waals surface area contributed by atoms with Crippen LogP contribution in [0.2, 0.25) is 0 Å². The van der Waals surface area contributed by atoms with Crippen LogP contribution in [0.5, 0.6) is 0 Å². The monoisotopic (exact) mass is 425 g/mol. The smallest absolute Gasteiger partial charge is 0.269 e.